The lowest BCUT2D eigenvalue weighted by Gasteiger charge is -2.04. The molecule has 0 fully saturated rings. The van der Waals surface area contributed by atoms with Gasteiger partial charge in [0, 0.05) is 11.3 Å². The van der Waals surface area contributed by atoms with E-state index in [4.69, 9.17) is 13.3 Å². The number of ether oxygens (including phenoxy) is 1. The zero-order chi connectivity index (χ0) is 21.9. The van der Waals surface area contributed by atoms with Crippen LogP contribution in [0.1, 0.15) is 17.9 Å². The number of aromatic nitrogens is 2. The zero-order valence-electron chi connectivity index (χ0n) is 17.1. The van der Waals surface area contributed by atoms with Crippen LogP contribution >= 0.6 is 11.8 Å². The van der Waals surface area contributed by atoms with Crippen LogP contribution in [0.5, 0.6) is 5.75 Å². The van der Waals surface area contributed by atoms with Gasteiger partial charge in [-0.3, -0.25) is 4.18 Å². The van der Waals surface area contributed by atoms with E-state index in [9.17, 15) is 8.42 Å². The third-order valence-electron chi connectivity index (χ3n) is 3.98. The van der Waals surface area contributed by atoms with Gasteiger partial charge in [-0.05, 0) is 36.2 Å². The smallest absolute Gasteiger partial charge is 0.264 e. The molecule has 164 valence electrons. The highest BCUT2D eigenvalue weighted by atomic mass is 32.2. The average Bonchev–Trinajstić information content (AvgIpc) is 3.23. The standard InChI is InChI=1S/C22H24N2O5S2/c1-31(25,26)28-14-6-5-7-18-10-12-19(13-11-18)22-24-23-21(29-22)17-30-16-15-27-20-8-3-2-4-9-20/h2-5,7-13H,6,14-17H2,1H3. The van der Waals surface area contributed by atoms with Crippen molar-refractivity contribution in [3.05, 3.63) is 72.1 Å². The molecule has 0 aliphatic heterocycles. The molecule has 31 heavy (non-hydrogen) atoms. The summed E-state index contributed by atoms with van der Waals surface area (Å²) in [7, 11) is -3.39. The molecule has 3 rings (SSSR count). The third kappa shape index (κ3) is 8.56. The Morgan fingerprint density at radius 1 is 1.03 bits per heavy atom. The molecule has 0 bridgehead atoms. The summed E-state index contributed by atoms with van der Waals surface area (Å²) >= 11 is 1.67. The maximum Gasteiger partial charge on any atom is 0.264 e. The van der Waals surface area contributed by atoms with E-state index in [0.29, 0.717) is 30.6 Å². The predicted molar refractivity (Wildman–Crippen MR) is 122 cm³/mol. The molecule has 0 saturated carbocycles. The number of thioether (sulfide) groups is 1. The highest BCUT2D eigenvalue weighted by molar-refractivity contribution is 7.98. The maximum absolute atomic E-state index is 10.9. The van der Waals surface area contributed by atoms with Gasteiger partial charge in [0.2, 0.25) is 11.8 Å². The molecule has 0 radical (unpaired) electrons. The van der Waals surface area contributed by atoms with E-state index in [2.05, 4.69) is 10.2 Å². The lowest BCUT2D eigenvalue weighted by atomic mass is 10.1. The van der Waals surface area contributed by atoms with Gasteiger partial charge < -0.3 is 9.15 Å². The molecule has 9 heteroatoms. The summed E-state index contributed by atoms with van der Waals surface area (Å²) in [5, 5.41) is 8.22. The molecule has 0 N–H and O–H groups in total. The Labute approximate surface area is 186 Å². The second-order valence-corrected chi connectivity index (χ2v) is 9.30. The number of para-hydroxylation sites is 1. The number of hydrogen-bond donors (Lipinski definition) is 0. The van der Waals surface area contributed by atoms with Crippen molar-refractivity contribution in [2.24, 2.45) is 0 Å². The first-order chi connectivity index (χ1) is 15.0. The number of nitrogens with zero attached hydrogens (tertiary/aromatic N) is 2. The van der Waals surface area contributed by atoms with E-state index in [1.807, 2.05) is 66.7 Å². The number of rotatable bonds is 12. The summed E-state index contributed by atoms with van der Waals surface area (Å²) in [4.78, 5) is 0. The zero-order valence-corrected chi connectivity index (χ0v) is 18.8. The van der Waals surface area contributed by atoms with Gasteiger partial charge in [-0.25, -0.2) is 0 Å². The van der Waals surface area contributed by atoms with Crippen LogP contribution < -0.4 is 4.74 Å². The highest BCUT2D eigenvalue weighted by Crippen LogP contribution is 2.21. The minimum absolute atomic E-state index is 0.134. The fourth-order valence-corrected chi connectivity index (χ4v) is 3.58. The highest BCUT2D eigenvalue weighted by Gasteiger charge is 2.08. The van der Waals surface area contributed by atoms with Crippen LogP contribution in [0.15, 0.2) is 65.1 Å². The molecule has 0 amide bonds. The summed E-state index contributed by atoms with van der Waals surface area (Å²) in [5.41, 5.74) is 1.82. The van der Waals surface area contributed by atoms with Gasteiger partial charge in [0.15, 0.2) is 0 Å². The minimum Gasteiger partial charge on any atom is -0.493 e. The van der Waals surface area contributed by atoms with Gasteiger partial charge in [-0.1, -0.05) is 42.5 Å². The molecule has 1 heterocycles. The molecule has 0 aliphatic carbocycles. The van der Waals surface area contributed by atoms with Gasteiger partial charge in [0.25, 0.3) is 10.1 Å². The normalized spacial score (nSPS) is 11.8. The third-order valence-corrected chi connectivity index (χ3v) is 5.48. The second-order valence-electron chi connectivity index (χ2n) is 6.55. The Balaban J connectivity index is 1.40. The van der Waals surface area contributed by atoms with Crippen molar-refractivity contribution in [3.63, 3.8) is 0 Å². The Morgan fingerprint density at radius 3 is 2.55 bits per heavy atom. The van der Waals surface area contributed by atoms with Crippen molar-refractivity contribution in [2.75, 3.05) is 25.2 Å². The Hall–Kier alpha value is -2.62. The quantitative estimate of drug-likeness (QED) is 0.290. The van der Waals surface area contributed by atoms with E-state index in [0.717, 1.165) is 28.9 Å². The first-order valence-corrected chi connectivity index (χ1v) is 12.7. The Morgan fingerprint density at radius 2 is 1.81 bits per heavy atom. The summed E-state index contributed by atoms with van der Waals surface area (Å²) in [6.07, 6.45) is 5.32. The predicted octanol–water partition coefficient (Wildman–Crippen LogP) is 4.43. The van der Waals surface area contributed by atoms with E-state index >= 15 is 0 Å². The molecular formula is C22H24N2O5S2. The summed E-state index contributed by atoms with van der Waals surface area (Å²) in [6.45, 7) is 0.750. The van der Waals surface area contributed by atoms with Gasteiger partial charge >= 0.3 is 0 Å². The van der Waals surface area contributed by atoms with Gasteiger partial charge in [0.1, 0.15) is 5.75 Å². The molecule has 2 aromatic carbocycles. The summed E-state index contributed by atoms with van der Waals surface area (Å²) in [5.74, 6) is 3.37. The molecule has 0 spiro atoms. The van der Waals surface area contributed by atoms with Crippen LogP contribution in [-0.4, -0.2) is 43.8 Å². The topological polar surface area (TPSA) is 91.5 Å². The lowest BCUT2D eigenvalue weighted by molar-refractivity contribution is 0.329. The van der Waals surface area contributed by atoms with Crippen molar-refractivity contribution in [2.45, 2.75) is 12.2 Å². The lowest BCUT2D eigenvalue weighted by Crippen LogP contribution is -2.02. The molecule has 0 atom stereocenters. The van der Waals surface area contributed by atoms with Crippen LogP contribution in [0.3, 0.4) is 0 Å². The van der Waals surface area contributed by atoms with Crippen LogP contribution in [0.25, 0.3) is 17.5 Å². The van der Waals surface area contributed by atoms with Crippen LogP contribution in [0.4, 0.5) is 0 Å². The average molecular weight is 461 g/mol. The van der Waals surface area contributed by atoms with Gasteiger partial charge in [0.05, 0.1) is 25.2 Å². The molecule has 0 saturated heterocycles. The van der Waals surface area contributed by atoms with Crippen molar-refractivity contribution in [1.82, 2.24) is 10.2 Å². The minimum atomic E-state index is -3.39. The largest absolute Gasteiger partial charge is 0.493 e. The monoisotopic (exact) mass is 460 g/mol. The fourth-order valence-electron chi connectivity index (χ4n) is 2.55. The molecule has 7 nitrogen and oxygen atoms in total. The summed E-state index contributed by atoms with van der Waals surface area (Å²) < 4.78 is 37.9. The van der Waals surface area contributed by atoms with Crippen molar-refractivity contribution >= 4 is 28.0 Å². The van der Waals surface area contributed by atoms with Gasteiger partial charge in [-0.2, -0.15) is 8.42 Å². The van der Waals surface area contributed by atoms with E-state index in [1.165, 1.54) is 0 Å². The van der Waals surface area contributed by atoms with Crippen LogP contribution in [-0.2, 0) is 20.1 Å². The van der Waals surface area contributed by atoms with Crippen molar-refractivity contribution in [1.29, 1.82) is 0 Å². The Bertz CT molecular complexity index is 1060. The van der Waals surface area contributed by atoms with E-state index in [1.54, 1.807) is 11.8 Å². The molecule has 1 aromatic heterocycles. The first kappa shape index (κ1) is 23.1. The maximum atomic E-state index is 10.9. The Kier molecular flexibility index (Phi) is 8.69. The molecule has 3 aromatic rings. The van der Waals surface area contributed by atoms with Crippen LogP contribution in [0, 0.1) is 0 Å². The fraction of sp³-hybridized carbons (Fsp3) is 0.273. The van der Waals surface area contributed by atoms with Gasteiger partial charge in [-0.15, -0.1) is 22.0 Å². The first-order valence-electron chi connectivity index (χ1n) is 9.69. The number of benzene rings is 2. The summed E-state index contributed by atoms with van der Waals surface area (Å²) in [6, 6.07) is 17.4. The molecule has 0 aliphatic rings. The second kappa shape index (κ2) is 11.7. The van der Waals surface area contributed by atoms with E-state index in [-0.39, 0.29) is 6.61 Å². The molecular weight excluding hydrogens is 436 g/mol. The molecule has 0 unspecified atom stereocenters. The SMILES string of the molecule is CS(=O)(=O)OCCC=Cc1ccc(-c2nnc(CSCCOc3ccccc3)o2)cc1. The van der Waals surface area contributed by atoms with Crippen molar-refractivity contribution < 1.29 is 21.8 Å². The number of hydrogen-bond acceptors (Lipinski definition) is 8. The van der Waals surface area contributed by atoms with E-state index < -0.39 is 10.1 Å². The van der Waals surface area contributed by atoms with Crippen LogP contribution in [0.2, 0.25) is 0 Å². The van der Waals surface area contributed by atoms with Crippen molar-refractivity contribution in [3.8, 4) is 17.2 Å².